The van der Waals surface area contributed by atoms with E-state index in [1.54, 1.807) is 0 Å². The Bertz CT molecular complexity index is 921. The van der Waals surface area contributed by atoms with E-state index in [0.29, 0.717) is 0 Å². The predicted molar refractivity (Wildman–Crippen MR) is 90.8 cm³/mol. The third-order valence-electron chi connectivity index (χ3n) is 3.64. The predicted octanol–water partition coefficient (Wildman–Crippen LogP) is 2.29. The third kappa shape index (κ3) is 4.20. The Balaban J connectivity index is 1.72. The summed E-state index contributed by atoms with van der Waals surface area (Å²) in [6.07, 6.45) is 1.67. The fourth-order valence-corrected chi connectivity index (χ4v) is 3.48. The van der Waals surface area contributed by atoms with Crippen molar-refractivity contribution >= 4 is 27.3 Å². The normalized spacial score (nSPS) is 14.1. The molecule has 1 amide bonds. The minimum absolute atomic E-state index is 0.00171. The summed E-state index contributed by atoms with van der Waals surface area (Å²) in [5, 5.41) is 13.3. The van der Waals surface area contributed by atoms with Crippen LogP contribution in [0.4, 0.5) is 11.4 Å². The molecule has 1 aliphatic carbocycles. The molecule has 1 saturated carbocycles. The van der Waals surface area contributed by atoms with Crippen LogP contribution >= 0.6 is 0 Å². The molecular weight excluding hydrogens is 346 g/mol. The van der Waals surface area contributed by atoms with E-state index in [9.17, 15) is 23.3 Å². The monoisotopic (exact) mass is 361 g/mol. The van der Waals surface area contributed by atoms with E-state index >= 15 is 0 Å². The molecule has 8 nitrogen and oxygen atoms in total. The number of amides is 1. The van der Waals surface area contributed by atoms with Gasteiger partial charge in [-0.1, -0.05) is 6.07 Å². The second kappa shape index (κ2) is 6.61. The molecule has 9 heteroatoms. The van der Waals surface area contributed by atoms with Crippen molar-refractivity contribution in [2.45, 2.75) is 23.8 Å². The van der Waals surface area contributed by atoms with E-state index in [1.807, 2.05) is 0 Å². The Hall–Kier alpha value is -2.78. The number of rotatable bonds is 6. The van der Waals surface area contributed by atoms with Crippen molar-refractivity contribution in [3.05, 3.63) is 64.2 Å². The summed E-state index contributed by atoms with van der Waals surface area (Å²) in [6, 6.07) is 11.1. The molecule has 2 aromatic carbocycles. The van der Waals surface area contributed by atoms with Crippen molar-refractivity contribution in [3.63, 3.8) is 0 Å². The zero-order valence-corrected chi connectivity index (χ0v) is 13.8. The van der Waals surface area contributed by atoms with Crippen LogP contribution in [0.2, 0.25) is 0 Å². The summed E-state index contributed by atoms with van der Waals surface area (Å²) < 4.78 is 26.7. The fraction of sp³-hybridized carbons (Fsp3) is 0.188. The van der Waals surface area contributed by atoms with Gasteiger partial charge in [0.1, 0.15) is 0 Å². The first kappa shape index (κ1) is 17.1. The van der Waals surface area contributed by atoms with Crippen LogP contribution < -0.4 is 10.0 Å². The number of sulfonamides is 1. The summed E-state index contributed by atoms with van der Waals surface area (Å²) in [5.74, 6) is -0.486. The van der Waals surface area contributed by atoms with E-state index in [0.717, 1.165) is 12.8 Å². The quantitative estimate of drug-likeness (QED) is 0.604. The van der Waals surface area contributed by atoms with E-state index in [-0.39, 0.29) is 27.9 Å². The molecule has 2 N–H and O–H groups in total. The van der Waals surface area contributed by atoms with Gasteiger partial charge >= 0.3 is 0 Å². The Morgan fingerprint density at radius 3 is 2.40 bits per heavy atom. The van der Waals surface area contributed by atoms with Gasteiger partial charge in [0.2, 0.25) is 10.0 Å². The highest BCUT2D eigenvalue weighted by atomic mass is 32.2. The third-order valence-corrected chi connectivity index (χ3v) is 5.18. The molecule has 0 aromatic heterocycles. The van der Waals surface area contributed by atoms with Crippen LogP contribution in [-0.4, -0.2) is 25.3 Å². The average molecular weight is 361 g/mol. The van der Waals surface area contributed by atoms with Gasteiger partial charge in [-0.15, -0.1) is 0 Å². The number of benzene rings is 2. The smallest absolute Gasteiger partial charge is 0.271 e. The maximum atomic E-state index is 12.2. The Morgan fingerprint density at radius 1 is 1.12 bits per heavy atom. The summed E-state index contributed by atoms with van der Waals surface area (Å²) >= 11 is 0. The molecule has 0 radical (unpaired) electrons. The van der Waals surface area contributed by atoms with Crippen molar-refractivity contribution in [2.24, 2.45) is 0 Å². The molecule has 0 bridgehead atoms. The fourth-order valence-electron chi connectivity index (χ4n) is 2.17. The van der Waals surface area contributed by atoms with Crippen LogP contribution in [0.3, 0.4) is 0 Å². The van der Waals surface area contributed by atoms with E-state index in [1.165, 1.54) is 48.5 Å². The molecule has 0 spiro atoms. The number of nitrogens with one attached hydrogen (secondary N) is 2. The second-order valence-electron chi connectivity index (χ2n) is 5.68. The number of nitrogens with zero attached hydrogens (tertiary/aromatic N) is 1. The van der Waals surface area contributed by atoms with Gasteiger partial charge in [0, 0.05) is 29.4 Å². The topological polar surface area (TPSA) is 118 Å². The van der Waals surface area contributed by atoms with Crippen molar-refractivity contribution in [2.75, 3.05) is 5.32 Å². The highest BCUT2D eigenvalue weighted by molar-refractivity contribution is 7.89. The van der Waals surface area contributed by atoms with Gasteiger partial charge in [-0.2, -0.15) is 0 Å². The number of nitro benzene ring substituents is 1. The summed E-state index contributed by atoms with van der Waals surface area (Å²) in [5.41, 5.74) is 0.397. The van der Waals surface area contributed by atoms with Crippen LogP contribution in [0, 0.1) is 10.1 Å². The molecule has 0 aliphatic heterocycles. The molecule has 3 rings (SSSR count). The summed E-state index contributed by atoms with van der Waals surface area (Å²) in [7, 11) is -3.57. The minimum Gasteiger partial charge on any atom is -0.322 e. The second-order valence-corrected chi connectivity index (χ2v) is 7.40. The zero-order valence-electron chi connectivity index (χ0n) is 13.0. The first-order valence-electron chi connectivity index (χ1n) is 7.53. The van der Waals surface area contributed by atoms with Gasteiger partial charge in [0.05, 0.1) is 9.82 Å². The summed E-state index contributed by atoms with van der Waals surface area (Å²) in [4.78, 5) is 22.5. The lowest BCUT2D eigenvalue weighted by Gasteiger charge is -2.08. The number of nitro groups is 1. The highest BCUT2D eigenvalue weighted by Crippen LogP contribution is 2.22. The molecule has 1 aliphatic rings. The minimum atomic E-state index is -3.57. The number of hydrogen-bond acceptors (Lipinski definition) is 5. The van der Waals surface area contributed by atoms with Gasteiger partial charge < -0.3 is 5.32 Å². The van der Waals surface area contributed by atoms with Gasteiger partial charge in [-0.3, -0.25) is 14.9 Å². The molecule has 0 heterocycles. The number of non-ortho nitro benzene ring substituents is 1. The van der Waals surface area contributed by atoms with E-state index in [4.69, 9.17) is 0 Å². The van der Waals surface area contributed by atoms with Crippen molar-refractivity contribution in [3.8, 4) is 0 Å². The highest BCUT2D eigenvalue weighted by Gasteiger charge is 2.27. The molecule has 0 saturated heterocycles. The average Bonchev–Trinajstić information content (AvgIpc) is 3.38. The maximum Gasteiger partial charge on any atom is 0.271 e. The first-order chi connectivity index (χ1) is 11.8. The molecule has 1 fully saturated rings. The van der Waals surface area contributed by atoms with E-state index < -0.39 is 20.9 Å². The largest absolute Gasteiger partial charge is 0.322 e. The van der Waals surface area contributed by atoms with Crippen LogP contribution in [0.1, 0.15) is 23.2 Å². The van der Waals surface area contributed by atoms with Crippen molar-refractivity contribution in [1.29, 1.82) is 0 Å². The van der Waals surface area contributed by atoms with Crippen LogP contribution in [0.15, 0.2) is 53.4 Å². The Labute approximate surface area is 144 Å². The van der Waals surface area contributed by atoms with Crippen LogP contribution in [0.5, 0.6) is 0 Å². The van der Waals surface area contributed by atoms with Gasteiger partial charge in [-0.05, 0) is 43.2 Å². The van der Waals surface area contributed by atoms with Gasteiger partial charge in [0.15, 0.2) is 0 Å². The molecule has 2 aromatic rings. The first-order valence-corrected chi connectivity index (χ1v) is 9.02. The lowest BCUT2D eigenvalue weighted by atomic mass is 10.2. The van der Waals surface area contributed by atoms with Crippen LogP contribution in [0.25, 0.3) is 0 Å². The lowest BCUT2D eigenvalue weighted by Crippen LogP contribution is -2.25. The number of carbonyl (C=O) groups is 1. The van der Waals surface area contributed by atoms with E-state index in [2.05, 4.69) is 10.0 Å². The number of anilines is 1. The van der Waals surface area contributed by atoms with Crippen molar-refractivity contribution < 1.29 is 18.1 Å². The standard InChI is InChI=1S/C16H15N3O5S/c20-16(17-13-2-1-3-14(10-13)19(21)22)11-4-8-15(9-5-11)25(23,24)18-12-6-7-12/h1-5,8-10,12,18H,6-7H2,(H,17,20). The van der Waals surface area contributed by atoms with Gasteiger partial charge in [-0.25, -0.2) is 13.1 Å². The molecular formula is C16H15N3O5S. The number of hydrogen-bond donors (Lipinski definition) is 2. The number of carbonyl (C=O) groups excluding carboxylic acids is 1. The summed E-state index contributed by atoms with van der Waals surface area (Å²) in [6.45, 7) is 0. The van der Waals surface area contributed by atoms with Gasteiger partial charge in [0.25, 0.3) is 11.6 Å². The lowest BCUT2D eigenvalue weighted by molar-refractivity contribution is -0.384. The zero-order chi connectivity index (χ0) is 18.0. The molecule has 0 atom stereocenters. The molecule has 25 heavy (non-hydrogen) atoms. The molecule has 130 valence electrons. The maximum absolute atomic E-state index is 12.2. The Morgan fingerprint density at radius 2 is 1.80 bits per heavy atom. The SMILES string of the molecule is O=C(Nc1cccc([N+](=O)[O-])c1)c1ccc(S(=O)(=O)NC2CC2)cc1. The van der Waals surface area contributed by atoms with Crippen molar-refractivity contribution in [1.82, 2.24) is 4.72 Å². The Kier molecular flexibility index (Phi) is 4.51. The molecule has 0 unspecified atom stereocenters. The van der Waals surface area contributed by atoms with Crippen LogP contribution in [-0.2, 0) is 10.0 Å².